The van der Waals surface area contributed by atoms with Crippen LogP contribution in [-0.4, -0.2) is 18.1 Å². The van der Waals surface area contributed by atoms with Crippen molar-refractivity contribution in [3.8, 4) is 5.75 Å². The Balaban J connectivity index is 1.80. The molecule has 1 atom stereocenters. The van der Waals surface area contributed by atoms with Crippen LogP contribution in [0.1, 0.15) is 36.1 Å². The third-order valence-electron chi connectivity index (χ3n) is 5.27. The van der Waals surface area contributed by atoms with Gasteiger partial charge in [0.2, 0.25) is 0 Å². The number of alkyl carbamates (subject to hydrolysis) is 1. The van der Waals surface area contributed by atoms with Crippen LogP contribution in [0.3, 0.4) is 0 Å². The van der Waals surface area contributed by atoms with E-state index in [4.69, 9.17) is 13.9 Å². The van der Waals surface area contributed by atoms with E-state index in [0.717, 1.165) is 11.1 Å². The second-order valence-corrected chi connectivity index (χ2v) is 8.12. The fourth-order valence-corrected chi connectivity index (χ4v) is 3.33. The standard InChI is InChI=1S/C25H27NO6/c1-14(2)22(26-25(29)30-13-18-9-7-6-8-10-18)24(28)32-20-12-15(3)11-19-21(20)16(4)17(5)23(27)31-19/h6-12,14,22H,13H2,1-5H3,(H,26,29)/t22-/m0/s1. The van der Waals surface area contributed by atoms with Crippen molar-refractivity contribution in [1.82, 2.24) is 5.32 Å². The van der Waals surface area contributed by atoms with E-state index >= 15 is 0 Å². The summed E-state index contributed by atoms with van der Waals surface area (Å²) in [7, 11) is 0. The summed E-state index contributed by atoms with van der Waals surface area (Å²) in [6.07, 6.45) is -0.711. The zero-order valence-electron chi connectivity index (χ0n) is 18.9. The zero-order chi connectivity index (χ0) is 23.4. The molecule has 7 nitrogen and oxygen atoms in total. The van der Waals surface area contributed by atoms with Crippen molar-refractivity contribution >= 4 is 23.0 Å². The minimum absolute atomic E-state index is 0.0898. The van der Waals surface area contributed by atoms with Crippen LogP contribution in [0.2, 0.25) is 0 Å². The highest BCUT2D eigenvalue weighted by molar-refractivity contribution is 5.92. The van der Waals surface area contributed by atoms with Gasteiger partial charge in [0, 0.05) is 5.56 Å². The summed E-state index contributed by atoms with van der Waals surface area (Å²) < 4.78 is 16.3. The second kappa shape index (κ2) is 9.68. The molecular weight excluding hydrogens is 410 g/mol. The molecule has 1 heterocycles. The molecule has 2 aromatic carbocycles. The highest BCUT2D eigenvalue weighted by Gasteiger charge is 2.28. The normalized spacial score (nSPS) is 11.9. The van der Waals surface area contributed by atoms with Gasteiger partial charge in [-0.1, -0.05) is 44.2 Å². The van der Waals surface area contributed by atoms with Crippen LogP contribution >= 0.6 is 0 Å². The molecule has 1 aromatic heterocycles. The van der Waals surface area contributed by atoms with Gasteiger partial charge in [-0.15, -0.1) is 0 Å². The van der Waals surface area contributed by atoms with Crippen molar-refractivity contribution in [2.75, 3.05) is 0 Å². The Labute approximate surface area is 186 Å². The Hall–Kier alpha value is -3.61. The SMILES string of the molecule is Cc1cc(OC(=O)[C@@H](NC(=O)OCc2ccccc2)C(C)C)c2c(C)c(C)c(=O)oc2c1. The summed E-state index contributed by atoms with van der Waals surface area (Å²) in [5, 5.41) is 3.15. The van der Waals surface area contributed by atoms with Gasteiger partial charge < -0.3 is 19.2 Å². The van der Waals surface area contributed by atoms with Crippen molar-refractivity contribution in [2.45, 2.75) is 47.3 Å². The molecule has 0 aliphatic rings. The fraction of sp³-hybridized carbons (Fsp3) is 0.320. The average molecular weight is 437 g/mol. The Morgan fingerprint density at radius 1 is 1.03 bits per heavy atom. The number of hydrogen-bond acceptors (Lipinski definition) is 6. The van der Waals surface area contributed by atoms with E-state index in [1.54, 1.807) is 39.8 Å². The molecule has 0 saturated heterocycles. The van der Waals surface area contributed by atoms with Gasteiger partial charge in [0.25, 0.3) is 0 Å². The number of rotatable bonds is 6. The van der Waals surface area contributed by atoms with Gasteiger partial charge in [-0.25, -0.2) is 14.4 Å². The Kier molecular flexibility index (Phi) is 6.98. The van der Waals surface area contributed by atoms with Gasteiger partial charge in [0.1, 0.15) is 24.0 Å². The third-order valence-corrected chi connectivity index (χ3v) is 5.27. The number of amides is 1. The first-order valence-corrected chi connectivity index (χ1v) is 10.4. The molecule has 7 heteroatoms. The van der Waals surface area contributed by atoms with Gasteiger partial charge in [-0.05, 0) is 55.5 Å². The Bertz CT molecular complexity index is 1200. The number of fused-ring (bicyclic) bond motifs is 1. The topological polar surface area (TPSA) is 94.8 Å². The van der Waals surface area contributed by atoms with Gasteiger partial charge in [0.05, 0.1) is 5.39 Å². The first-order chi connectivity index (χ1) is 15.2. The first-order valence-electron chi connectivity index (χ1n) is 10.4. The largest absolute Gasteiger partial charge is 0.445 e. The monoisotopic (exact) mass is 437 g/mol. The van der Waals surface area contributed by atoms with E-state index in [-0.39, 0.29) is 18.3 Å². The summed E-state index contributed by atoms with van der Waals surface area (Å²) in [6, 6.07) is 11.8. The Morgan fingerprint density at radius 2 is 1.72 bits per heavy atom. The zero-order valence-corrected chi connectivity index (χ0v) is 18.9. The van der Waals surface area contributed by atoms with Crippen LogP contribution in [-0.2, 0) is 16.1 Å². The summed E-state index contributed by atoms with van der Waals surface area (Å²) in [6.45, 7) is 8.93. The van der Waals surface area contributed by atoms with Crippen LogP contribution in [0.25, 0.3) is 11.0 Å². The van der Waals surface area contributed by atoms with E-state index in [0.29, 0.717) is 22.1 Å². The number of carbonyl (C=O) groups is 2. The number of hydrogen-bond donors (Lipinski definition) is 1. The molecule has 1 amide bonds. The van der Waals surface area contributed by atoms with E-state index in [1.807, 2.05) is 37.3 Å². The highest BCUT2D eigenvalue weighted by atomic mass is 16.6. The molecule has 0 aliphatic carbocycles. The maximum Gasteiger partial charge on any atom is 0.408 e. The van der Waals surface area contributed by atoms with Crippen LogP contribution in [0.4, 0.5) is 4.79 Å². The fourth-order valence-electron chi connectivity index (χ4n) is 3.33. The molecule has 168 valence electrons. The van der Waals surface area contributed by atoms with Gasteiger partial charge in [-0.2, -0.15) is 0 Å². The summed E-state index contributed by atoms with van der Waals surface area (Å²) in [5.74, 6) is -0.602. The van der Waals surface area contributed by atoms with Crippen molar-refractivity contribution in [1.29, 1.82) is 0 Å². The summed E-state index contributed by atoms with van der Waals surface area (Å²) in [5.41, 5.74) is 2.64. The summed E-state index contributed by atoms with van der Waals surface area (Å²) in [4.78, 5) is 37.3. The molecule has 3 rings (SSSR count). The minimum Gasteiger partial charge on any atom is -0.445 e. The molecule has 3 aromatic rings. The molecule has 32 heavy (non-hydrogen) atoms. The van der Waals surface area contributed by atoms with Crippen LogP contribution in [0, 0.1) is 26.7 Å². The van der Waals surface area contributed by atoms with Crippen LogP contribution in [0.15, 0.2) is 51.7 Å². The predicted molar refractivity (Wildman–Crippen MR) is 121 cm³/mol. The molecule has 1 N–H and O–H groups in total. The number of aryl methyl sites for hydroxylation is 2. The number of esters is 1. The smallest absolute Gasteiger partial charge is 0.408 e. The number of benzene rings is 2. The highest BCUT2D eigenvalue weighted by Crippen LogP contribution is 2.31. The lowest BCUT2D eigenvalue weighted by Gasteiger charge is -2.21. The van der Waals surface area contributed by atoms with Crippen molar-refractivity contribution < 1.29 is 23.5 Å². The van der Waals surface area contributed by atoms with Gasteiger partial charge >= 0.3 is 17.7 Å². The quantitative estimate of drug-likeness (QED) is 0.345. The van der Waals surface area contributed by atoms with E-state index in [2.05, 4.69) is 5.32 Å². The Morgan fingerprint density at radius 3 is 2.38 bits per heavy atom. The molecule has 0 radical (unpaired) electrons. The lowest BCUT2D eigenvalue weighted by molar-refractivity contribution is -0.137. The van der Waals surface area contributed by atoms with Gasteiger partial charge in [-0.3, -0.25) is 0 Å². The molecule has 0 aliphatic heterocycles. The van der Waals surface area contributed by atoms with Crippen molar-refractivity contribution in [3.63, 3.8) is 0 Å². The third kappa shape index (κ3) is 5.17. The molecular formula is C25H27NO6. The number of ether oxygens (including phenoxy) is 2. The average Bonchev–Trinajstić information content (AvgIpc) is 2.74. The van der Waals surface area contributed by atoms with E-state index in [9.17, 15) is 14.4 Å². The van der Waals surface area contributed by atoms with Crippen LogP contribution < -0.4 is 15.7 Å². The van der Waals surface area contributed by atoms with Crippen LogP contribution in [0.5, 0.6) is 5.75 Å². The number of nitrogens with one attached hydrogen (secondary N) is 1. The van der Waals surface area contributed by atoms with Gasteiger partial charge in [0.15, 0.2) is 0 Å². The number of carbonyl (C=O) groups excluding carboxylic acids is 2. The second-order valence-electron chi connectivity index (χ2n) is 8.12. The van der Waals surface area contributed by atoms with E-state index in [1.165, 1.54) is 0 Å². The van der Waals surface area contributed by atoms with E-state index < -0.39 is 23.7 Å². The first kappa shape index (κ1) is 23.1. The molecule has 0 saturated carbocycles. The maximum absolute atomic E-state index is 13.0. The lowest BCUT2D eigenvalue weighted by Crippen LogP contribution is -2.46. The predicted octanol–water partition coefficient (Wildman–Crippen LogP) is 4.57. The minimum atomic E-state index is -0.925. The lowest BCUT2D eigenvalue weighted by atomic mass is 10.0. The molecule has 0 bridgehead atoms. The molecule has 0 spiro atoms. The maximum atomic E-state index is 13.0. The van der Waals surface area contributed by atoms with Crippen molar-refractivity contribution in [2.24, 2.45) is 5.92 Å². The molecule has 0 fully saturated rings. The molecule has 0 unspecified atom stereocenters. The summed E-state index contributed by atoms with van der Waals surface area (Å²) >= 11 is 0. The van der Waals surface area contributed by atoms with Crippen molar-refractivity contribution in [3.05, 3.63) is 75.1 Å².